The summed E-state index contributed by atoms with van der Waals surface area (Å²) in [5.41, 5.74) is 1.45. The van der Waals surface area contributed by atoms with Crippen LogP contribution in [0.1, 0.15) is 16.2 Å². The zero-order chi connectivity index (χ0) is 12.4. The van der Waals surface area contributed by atoms with Gasteiger partial charge in [-0.3, -0.25) is 9.20 Å². The second-order valence-electron chi connectivity index (χ2n) is 3.74. The summed E-state index contributed by atoms with van der Waals surface area (Å²) in [5.74, 6) is 0.623. The van der Waals surface area contributed by atoms with E-state index < -0.39 is 0 Å². The molecule has 3 rings (SSSR count). The van der Waals surface area contributed by atoms with Gasteiger partial charge in [-0.05, 0) is 23.6 Å². The Hall–Kier alpha value is -2.21. The molecule has 3 aromatic rings. The van der Waals surface area contributed by atoms with Crippen LogP contribution in [0, 0.1) is 0 Å². The molecule has 3 heterocycles. The van der Waals surface area contributed by atoms with Gasteiger partial charge in [-0.25, -0.2) is 0 Å². The predicted molar refractivity (Wildman–Crippen MR) is 68.5 cm³/mol. The molecule has 0 fully saturated rings. The topological polar surface area (TPSA) is 59.3 Å². The predicted octanol–water partition coefficient (Wildman–Crippen LogP) is 1.72. The fourth-order valence-electron chi connectivity index (χ4n) is 1.67. The molecule has 0 atom stereocenters. The van der Waals surface area contributed by atoms with Gasteiger partial charge >= 0.3 is 0 Å². The number of nitrogens with one attached hydrogen (secondary N) is 1. The van der Waals surface area contributed by atoms with Crippen LogP contribution in [-0.4, -0.2) is 20.5 Å². The van der Waals surface area contributed by atoms with Gasteiger partial charge in [0.25, 0.3) is 5.91 Å². The van der Waals surface area contributed by atoms with Crippen LogP contribution in [0.4, 0.5) is 0 Å². The van der Waals surface area contributed by atoms with Crippen molar-refractivity contribution in [2.24, 2.45) is 0 Å². The molecular formula is C12H10N4OS. The van der Waals surface area contributed by atoms with Crippen LogP contribution in [0.5, 0.6) is 0 Å². The molecule has 5 nitrogen and oxygen atoms in total. The zero-order valence-corrected chi connectivity index (χ0v) is 10.2. The molecular weight excluding hydrogens is 248 g/mol. The van der Waals surface area contributed by atoms with E-state index in [1.807, 2.05) is 39.6 Å². The summed E-state index contributed by atoms with van der Waals surface area (Å²) < 4.78 is 1.86. The van der Waals surface area contributed by atoms with Gasteiger partial charge in [0.05, 0.1) is 6.54 Å². The van der Waals surface area contributed by atoms with Crippen molar-refractivity contribution in [3.05, 3.63) is 52.6 Å². The first-order chi connectivity index (χ1) is 8.84. The molecule has 0 aliphatic rings. The SMILES string of the molecule is O=C(NCc1nnc2ccccn12)c1ccsc1. The average Bonchev–Trinajstić information content (AvgIpc) is 3.06. The highest BCUT2D eigenvalue weighted by Gasteiger charge is 2.08. The average molecular weight is 258 g/mol. The van der Waals surface area contributed by atoms with Crippen molar-refractivity contribution in [1.29, 1.82) is 0 Å². The van der Waals surface area contributed by atoms with Gasteiger partial charge in [0, 0.05) is 17.1 Å². The fraction of sp³-hybridized carbons (Fsp3) is 0.0833. The molecule has 1 N–H and O–H groups in total. The molecule has 0 radical (unpaired) electrons. The summed E-state index contributed by atoms with van der Waals surface area (Å²) >= 11 is 1.50. The van der Waals surface area contributed by atoms with E-state index in [2.05, 4.69) is 15.5 Å². The van der Waals surface area contributed by atoms with Gasteiger partial charge in [-0.2, -0.15) is 11.3 Å². The van der Waals surface area contributed by atoms with Crippen LogP contribution < -0.4 is 5.32 Å². The Morgan fingerprint density at radius 3 is 3.11 bits per heavy atom. The minimum absolute atomic E-state index is 0.0936. The Balaban J connectivity index is 1.76. The largest absolute Gasteiger partial charge is 0.345 e. The summed E-state index contributed by atoms with van der Waals surface area (Å²) in [6, 6.07) is 7.47. The number of aromatic nitrogens is 3. The second-order valence-corrected chi connectivity index (χ2v) is 4.52. The van der Waals surface area contributed by atoms with Gasteiger partial charge < -0.3 is 5.32 Å². The smallest absolute Gasteiger partial charge is 0.252 e. The summed E-state index contributed by atoms with van der Waals surface area (Å²) in [7, 11) is 0. The fourth-order valence-corrected chi connectivity index (χ4v) is 2.30. The normalized spacial score (nSPS) is 10.7. The van der Waals surface area contributed by atoms with Crippen molar-refractivity contribution >= 4 is 22.9 Å². The van der Waals surface area contributed by atoms with E-state index in [0.29, 0.717) is 17.9 Å². The molecule has 6 heteroatoms. The van der Waals surface area contributed by atoms with Gasteiger partial charge in [0.2, 0.25) is 0 Å². The zero-order valence-electron chi connectivity index (χ0n) is 9.41. The Morgan fingerprint density at radius 2 is 2.28 bits per heavy atom. The maximum atomic E-state index is 11.8. The van der Waals surface area contributed by atoms with Gasteiger partial charge in [0.1, 0.15) is 0 Å². The van der Waals surface area contributed by atoms with Gasteiger partial charge in [-0.1, -0.05) is 6.07 Å². The van der Waals surface area contributed by atoms with Gasteiger partial charge in [-0.15, -0.1) is 10.2 Å². The molecule has 18 heavy (non-hydrogen) atoms. The molecule has 0 saturated heterocycles. The second kappa shape index (κ2) is 4.58. The quantitative estimate of drug-likeness (QED) is 0.778. The number of carbonyl (C=O) groups is 1. The van der Waals surface area contributed by atoms with E-state index in [1.165, 1.54) is 11.3 Å². The van der Waals surface area contributed by atoms with Crippen LogP contribution in [-0.2, 0) is 6.54 Å². The van der Waals surface area contributed by atoms with E-state index in [0.717, 1.165) is 5.65 Å². The lowest BCUT2D eigenvalue weighted by Gasteiger charge is -2.02. The van der Waals surface area contributed by atoms with E-state index in [4.69, 9.17) is 0 Å². The van der Waals surface area contributed by atoms with Crippen LogP contribution >= 0.6 is 11.3 Å². The van der Waals surface area contributed by atoms with Crippen LogP contribution in [0.25, 0.3) is 5.65 Å². The standard InChI is InChI=1S/C12H10N4OS/c17-12(9-4-6-18-8-9)13-7-11-15-14-10-3-1-2-5-16(10)11/h1-6,8H,7H2,(H,13,17). The third-order valence-electron chi connectivity index (χ3n) is 2.57. The molecule has 0 spiro atoms. The monoisotopic (exact) mass is 258 g/mol. The van der Waals surface area contributed by atoms with E-state index in [-0.39, 0.29) is 5.91 Å². The van der Waals surface area contributed by atoms with Crippen molar-refractivity contribution < 1.29 is 4.79 Å². The molecule has 0 unspecified atom stereocenters. The Bertz CT molecular complexity index is 674. The number of hydrogen-bond donors (Lipinski definition) is 1. The summed E-state index contributed by atoms with van der Waals surface area (Å²) in [6.07, 6.45) is 1.88. The van der Waals surface area contributed by atoms with Crippen molar-refractivity contribution in [1.82, 2.24) is 19.9 Å². The summed E-state index contributed by atoms with van der Waals surface area (Å²) in [6.45, 7) is 0.361. The van der Waals surface area contributed by atoms with E-state index >= 15 is 0 Å². The molecule has 0 aliphatic heterocycles. The third-order valence-corrected chi connectivity index (χ3v) is 3.26. The molecule has 90 valence electrons. The number of amides is 1. The van der Waals surface area contributed by atoms with Crippen molar-refractivity contribution in [3.8, 4) is 0 Å². The molecule has 0 saturated carbocycles. The third kappa shape index (κ3) is 1.98. The molecule has 3 aromatic heterocycles. The van der Waals surface area contributed by atoms with E-state index in [1.54, 1.807) is 6.07 Å². The lowest BCUT2D eigenvalue weighted by Crippen LogP contribution is -2.23. The van der Waals surface area contributed by atoms with Crippen LogP contribution in [0.15, 0.2) is 41.2 Å². The van der Waals surface area contributed by atoms with Crippen LogP contribution in [0.3, 0.4) is 0 Å². The van der Waals surface area contributed by atoms with E-state index in [9.17, 15) is 4.79 Å². The number of hydrogen-bond acceptors (Lipinski definition) is 4. The highest BCUT2D eigenvalue weighted by atomic mass is 32.1. The summed E-state index contributed by atoms with van der Waals surface area (Å²) in [4.78, 5) is 11.8. The Labute approximate surface area is 107 Å². The Kier molecular flexibility index (Phi) is 2.77. The first kappa shape index (κ1) is 10.9. The Morgan fingerprint density at radius 1 is 1.33 bits per heavy atom. The highest BCUT2D eigenvalue weighted by Crippen LogP contribution is 2.06. The maximum Gasteiger partial charge on any atom is 0.252 e. The lowest BCUT2D eigenvalue weighted by molar-refractivity contribution is 0.0950. The van der Waals surface area contributed by atoms with Crippen LogP contribution in [0.2, 0.25) is 0 Å². The number of nitrogens with zero attached hydrogens (tertiary/aromatic N) is 3. The van der Waals surface area contributed by atoms with Crippen molar-refractivity contribution in [3.63, 3.8) is 0 Å². The molecule has 1 amide bonds. The number of fused-ring (bicyclic) bond motifs is 1. The molecule has 0 bridgehead atoms. The van der Waals surface area contributed by atoms with Crippen molar-refractivity contribution in [2.75, 3.05) is 0 Å². The number of rotatable bonds is 3. The van der Waals surface area contributed by atoms with Gasteiger partial charge in [0.15, 0.2) is 11.5 Å². The minimum Gasteiger partial charge on any atom is -0.345 e. The van der Waals surface area contributed by atoms with Crippen molar-refractivity contribution in [2.45, 2.75) is 6.54 Å². The summed E-state index contributed by atoms with van der Waals surface area (Å²) in [5, 5.41) is 14.6. The molecule has 0 aromatic carbocycles. The minimum atomic E-state index is -0.0936. The number of carbonyl (C=O) groups excluding carboxylic acids is 1. The lowest BCUT2D eigenvalue weighted by atomic mass is 10.3. The number of pyridine rings is 1. The first-order valence-electron chi connectivity index (χ1n) is 5.43. The maximum absolute atomic E-state index is 11.8. The molecule has 0 aliphatic carbocycles. The first-order valence-corrected chi connectivity index (χ1v) is 6.38. The number of thiophene rings is 1. The highest BCUT2D eigenvalue weighted by molar-refractivity contribution is 7.08.